The van der Waals surface area contributed by atoms with Gasteiger partial charge in [0.25, 0.3) is 5.91 Å². The molecule has 0 atom stereocenters. The molecule has 0 radical (unpaired) electrons. The second kappa shape index (κ2) is 6.16. The van der Waals surface area contributed by atoms with Crippen LogP contribution in [0.25, 0.3) is 22.2 Å². The second-order valence-corrected chi connectivity index (χ2v) is 7.77. The highest BCUT2D eigenvalue weighted by atomic mass is 35.5. The van der Waals surface area contributed by atoms with Crippen LogP contribution in [0.4, 0.5) is 0 Å². The van der Waals surface area contributed by atoms with E-state index in [0.29, 0.717) is 16.2 Å². The van der Waals surface area contributed by atoms with Gasteiger partial charge in [-0.1, -0.05) is 24.9 Å². The van der Waals surface area contributed by atoms with Crippen molar-refractivity contribution >= 4 is 28.4 Å². The summed E-state index contributed by atoms with van der Waals surface area (Å²) in [6.45, 7) is 4.08. The van der Waals surface area contributed by atoms with Crippen molar-refractivity contribution < 1.29 is 4.79 Å². The zero-order chi connectivity index (χ0) is 19.3. The number of nitrogens with zero attached hydrogens (tertiary/aromatic N) is 2. The van der Waals surface area contributed by atoms with E-state index in [4.69, 9.17) is 22.3 Å². The van der Waals surface area contributed by atoms with E-state index in [-0.39, 0.29) is 21.9 Å². The molecule has 1 aliphatic carbocycles. The van der Waals surface area contributed by atoms with Gasteiger partial charge in [0.05, 0.1) is 27.3 Å². The number of rotatable bonds is 3. The lowest BCUT2D eigenvalue weighted by molar-refractivity contribution is 0.0997. The Labute approximate surface area is 160 Å². The van der Waals surface area contributed by atoms with Gasteiger partial charge >= 0.3 is 0 Å². The Bertz CT molecular complexity index is 1150. The van der Waals surface area contributed by atoms with Crippen LogP contribution in [0.15, 0.2) is 29.2 Å². The number of aromatic amines is 1. The number of pyridine rings is 3. The molecule has 0 aromatic carbocycles. The van der Waals surface area contributed by atoms with E-state index in [1.54, 1.807) is 6.07 Å². The van der Waals surface area contributed by atoms with Crippen LogP contribution in [0.1, 0.15) is 48.1 Å². The topological polar surface area (TPSA) is 102 Å². The normalized spacial score (nSPS) is 15.5. The van der Waals surface area contributed by atoms with Crippen LogP contribution >= 0.6 is 11.6 Å². The first-order valence-corrected chi connectivity index (χ1v) is 9.18. The van der Waals surface area contributed by atoms with E-state index in [1.807, 2.05) is 13.0 Å². The molecule has 1 amide bonds. The molecule has 27 heavy (non-hydrogen) atoms. The van der Waals surface area contributed by atoms with Gasteiger partial charge in [-0.15, -0.1) is 0 Å². The molecule has 3 heterocycles. The third-order valence-corrected chi connectivity index (χ3v) is 5.75. The molecule has 0 spiro atoms. The Morgan fingerprint density at radius 3 is 2.70 bits per heavy atom. The minimum Gasteiger partial charge on any atom is -0.364 e. The number of primary amides is 1. The van der Waals surface area contributed by atoms with Crippen molar-refractivity contribution in [2.75, 3.05) is 0 Å². The van der Waals surface area contributed by atoms with E-state index < -0.39 is 5.91 Å². The number of aryl methyl sites for hydroxylation is 1. The number of nitrogens with two attached hydrogens (primary N) is 1. The molecule has 3 aromatic rings. The highest BCUT2D eigenvalue weighted by molar-refractivity contribution is 6.31. The Kier molecular flexibility index (Phi) is 4.03. The number of hydrogen-bond acceptors (Lipinski definition) is 4. The Balaban J connectivity index is 1.89. The first-order valence-electron chi connectivity index (χ1n) is 8.80. The lowest BCUT2D eigenvalue weighted by atomic mass is 9.68. The van der Waals surface area contributed by atoms with Crippen molar-refractivity contribution in [1.29, 1.82) is 0 Å². The number of amides is 1. The van der Waals surface area contributed by atoms with E-state index >= 15 is 0 Å². The molecular formula is C20H19ClN4O2. The van der Waals surface area contributed by atoms with E-state index in [9.17, 15) is 9.59 Å². The number of carbonyl (C=O) groups excluding carboxylic acids is 1. The molecular weight excluding hydrogens is 364 g/mol. The van der Waals surface area contributed by atoms with Crippen molar-refractivity contribution in [2.24, 2.45) is 5.73 Å². The van der Waals surface area contributed by atoms with E-state index in [0.717, 1.165) is 29.8 Å². The predicted molar refractivity (Wildman–Crippen MR) is 105 cm³/mol. The summed E-state index contributed by atoms with van der Waals surface area (Å²) < 4.78 is 0. The fourth-order valence-corrected chi connectivity index (χ4v) is 4.13. The quantitative estimate of drug-likeness (QED) is 0.723. The molecule has 0 saturated heterocycles. The van der Waals surface area contributed by atoms with Gasteiger partial charge in [-0.3, -0.25) is 19.6 Å². The van der Waals surface area contributed by atoms with Crippen molar-refractivity contribution in [3.8, 4) is 11.3 Å². The number of halogens is 1. The highest BCUT2D eigenvalue weighted by Crippen LogP contribution is 2.45. The molecule has 0 unspecified atom stereocenters. The number of hydrogen-bond donors (Lipinski definition) is 2. The minimum atomic E-state index is -0.738. The molecule has 1 fully saturated rings. The standard InChI is InChI=1S/C20H19ClN4O2/c1-10-11(8-12(21)18(24-10)20(2)5-3-6-20)14-9-15(26)16-13(25-14)4-7-23-17(16)19(22)27/h4,7-9H,3,5-6H2,1-2H3,(H2,22,27)(H,25,26). The third-order valence-electron chi connectivity index (χ3n) is 5.46. The summed E-state index contributed by atoms with van der Waals surface area (Å²) in [5.41, 5.74) is 8.54. The van der Waals surface area contributed by atoms with Gasteiger partial charge in [-0.2, -0.15) is 0 Å². The summed E-state index contributed by atoms with van der Waals surface area (Å²) in [7, 11) is 0. The largest absolute Gasteiger partial charge is 0.364 e. The van der Waals surface area contributed by atoms with Crippen LogP contribution in [-0.2, 0) is 5.41 Å². The number of fused-ring (bicyclic) bond motifs is 1. The van der Waals surface area contributed by atoms with E-state index in [2.05, 4.69) is 16.9 Å². The smallest absolute Gasteiger partial charge is 0.268 e. The first-order chi connectivity index (χ1) is 12.8. The van der Waals surface area contributed by atoms with Gasteiger partial charge in [-0.05, 0) is 31.9 Å². The first kappa shape index (κ1) is 17.7. The van der Waals surface area contributed by atoms with Crippen molar-refractivity contribution in [2.45, 2.75) is 38.5 Å². The molecule has 1 aliphatic rings. The SMILES string of the molecule is Cc1nc(C2(C)CCC2)c(Cl)cc1-c1cc(=O)c2c(C(N)=O)nccc2[nH]1. The second-order valence-electron chi connectivity index (χ2n) is 7.36. The Morgan fingerprint density at radius 1 is 1.33 bits per heavy atom. The summed E-state index contributed by atoms with van der Waals surface area (Å²) >= 11 is 6.55. The van der Waals surface area contributed by atoms with Crippen LogP contribution in [0, 0.1) is 6.92 Å². The zero-order valence-electron chi connectivity index (χ0n) is 15.1. The lowest BCUT2D eigenvalue weighted by Gasteiger charge is -2.38. The third kappa shape index (κ3) is 2.80. The Hall–Kier alpha value is -2.73. The molecule has 3 aromatic heterocycles. The highest BCUT2D eigenvalue weighted by Gasteiger charge is 2.37. The summed E-state index contributed by atoms with van der Waals surface area (Å²) in [6, 6.07) is 4.93. The maximum atomic E-state index is 12.7. The molecule has 1 saturated carbocycles. The molecule has 3 N–H and O–H groups in total. The van der Waals surface area contributed by atoms with Crippen molar-refractivity contribution in [3.05, 3.63) is 56.7 Å². The van der Waals surface area contributed by atoms with Crippen LogP contribution in [0.5, 0.6) is 0 Å². The van der Waals surface area contributed by atoms with Gasteiger partial charge in [-0.25, -0.2) is 0 Å². The fraction of sp³-hybridized carbons (Fsp3) is 0.300. The maximum absolute atomic E-state index is 12.7. The van der Waals surface area contributed by atoms with Crippen molar-refractivity contribution in [1.82, 2.24) is 15.0 Å². The van der Waals surface area contributed by atoms with Gasteiger partial charge in [0.15, 0.2) is 5.43 Å². The van der Waals surface area contributed by atoms with E-state index in [1.165, 1.54) is 18.7 Å². The van der Waals surface area contributed by atoms with Crippen LogP contribution in [0.3, 0.4) is 0 Å². The summed E-state index contributed by atoms with van der Waals surface area (Å²) in [6.07, 6.45) is 4.78. The molecule has 138 valence electrons. The van der Waals surface area contributed by atoms with Gasteiger partial charge in [0, 0.05) is 28.9 Å². The van der Waals surface area contributed by atoms with Crippen LogP contribution in [0.2, 0.25) is 5.02 Å². The summed E-state index contributed by atoms with van der Waals surface area (Å²) in [5.74, 6) is -0.738. The van der Waals surface area contributed by atoms with Gasteiger partial charge < -0.3 is 10.7 Å². The maximum Gasteiger partial charge on any atom is 0.268 e. The number of carbonyl (C=O) groups is 1. The predicted octanol–water partition coefficient (Wildman–Crippen LogP) is 3.49. The number of nitrogens with one attached hydrogen (secondary N) is 1. The summed E-state index contributed by atoms with van der Waals surface area (Å²) in [4.78, 5) is 36.1. The number of aromatic nitrogens is 3. The van der Waals surface area contributed by atoms with Crippen molar-refractivity contribution in [3.63, 3.8) is 0 Å². The monoisotopic (exact) mass is 382 g/mol. The Morgan fingerprint density at radius 2 is 2.07 bits per heavy atom. The molecule has 7 heteroatoms. The lowest BCUT2D eigenvalue weighted by Crippen LogP contribution is -2.32. The van der Waals surface area contributed by atoms with Crippen LogP contribution < -0.4 is 11.2 Å². The zero-order valence-corrected chi connectivity index (χ0v) is 15.9. The minimum absolute atomic E-state index is 0.0270. The van der Waals surface area contributed by atoms with Crippen LogP contribution in [-0.4, -0.2) is 20.9 Å². The fourth-order valence-electron chi connectivity index (χ4n) is 3.75. The molecule has 6 nitrogen and oxygen atoms in total. The molecule has 0 aliphatic heterocycles. The molecule has 0 bridgehead atoms. The van der Waals surface area contributed by atoms with Gasteiger partial charge in [0.2, 0.25) is 0 Å². The molecule has 4 rings (SSSR count). The number of H-pyrrole nitrogens is 1. The average Bonchev–Trinajstić information content (AvgIpc) is 2.60. The summed E-state index contributed by atoms with van der Waals surface area (Å²) in [5, 5.41) is 0.787. The average molecular weight is 383 g/mol. The van der Waals surface area contributed by atoms with Gasteiger partial charge in [0.1, 0.15) is 5.69 Å².